The molecule has 0 saturated heterocycles. The number of methoxy groups -OCH3 is 1. The number of hydrogen-bond donors (Lipinski definition) is 1. The van der Waals surface area contributed by atoms with Gasteiger partial charge in [-0.15, -0.1) is 0 Å². The Morgan fingerprint density at radius 3 is 2.20 bits per heavy atom. The summed E-state index contributed by atoms with van der Waals surface area (Å²) in [5, 5.41) is 9.94. The molecule has 0 fully saturated rings. The van der Waals surface area contributed by atoms with Crippen molar-refractivity contribution in [3.05, 3.63) is 65.2 Å². The van der Waals surface area contributed by atoms with Crippen molar-refractivity contribution in [2.24, 2.45) is 0 Å². The molecule has 0 radical (unpaired) electrons. The minimum absolute atomic E-state index is 0.0286. The first-order chi connectivity index (χ1) is 11.9. The third-order valence-corrected chi connectivity index (χ3v) is 5.36. The Bertz CT molecular complexity index is 751. The third kappa shape index (κ3) is 6.86. The van der Waals surface area contributed by atoms with Crippen molar-refractivity contribution < 1.29 is 23.0 Å². The molecule has 0 spiro atoms. The fraction of sp³-hybridized carbons (Fsp3) is 0.368. The summed E-state index contributed by atoms with van der Waals surface area (Å²) in [7, 11) is -1.80. The number of aliphatic hydroxyl groups excluding tert-OH is 1. The van der Waals surface area contributed by atoms with Gasteiger partial charge in [0.15, 0.2) is 9.84 Å². The Morgan fingerprint density at radius 2 is 1.60 bits per heavy atom. The highest BCUT2D eigenvalue weighted by molar-refractivity contribution is 7.90. The molecule has 0 bridgehead atoms. The molecular weight excluding hydrogens is 340 g/mol. The average molecular weight is 364 g/mol. The summed E-state index contributed by atoms with van der Waals surface area (Å²) in [5.74, 6) is 0.359. The van der Waals surface area contributed by atoms with Crippen molar-refractivity contribution >= 4 is 9.84 Å². The van der Waals surface area contributed by atoms with Crippen LogP contribution in [0.1, 0.15) is 16.7 Å². The summed E-state index contributed by atoms with van der Waals surface area (Å²) in [4.78, 5) is 0. The van der Waals surface area contributed by atoms with Gasteiger partial charge in [0.25, 0.3) is 0 Å². The summed E-state index contributed by atoms with van der Waals surface area (Å²) in [6.07, 6.45) is -1.05. The van der Waals surface area contributed by atoms with Crippen LogP contribution < -0.4 is 4.74 Å². The molecule has 6 heteroatoms. The van der Waals surface area contributed by atoms with Crippen LogP contribution in [0.4, 0.5) is 0 Å². The Morgan fingerprint density at radius 1 is 1.00 bits per heavy atom. The zero-order valence-corrected chi connectivity index (χ0v) is 15.3. The van der Waals surface area contributed by atoms with Crippen LogP contribution >= 0.6 is 0 Å². The van der Waals surface area contributed by atoms with Crippen LogP contribution in [0.15, 0.2) is 48.5 Å². The van der Waals surface area contributed by atoms with Crippen LogP contribution in [0.25, 0.3) is 0 Å². The molecule has 25 heavy (non-hydrogen) atoms. The molecule has 0 heterocycles. The second-order valence-electron chi connectivity index (χ2n) is 6.06. The van der Waals surface area contributed by atoms with E-state index in [4.69, 9.17) is 9.47 Å². The maximum atomic E-state index is 12.2. The molecule has 0 aliphatic carbocycles. The van der Waals surface area contributed by atoms with E-state index in [0.717, 1.165) is 22.4 Å². The second-order valence-corrected chi connectivity index (χ2v) is 8.17. The zero-order chi connectivity index (χ0) is 18.3. The van der Waals surface area contributed by atoms with Crippen molar-refractivity contribution in [2.45, 2.75) is 25.4 Å². The van der Waals surface area contributed by atoms with Gasteiger partial charge in [-0.1, -0.05) is 42.0 Å². The first kappa shape index (κ1) is 19.4. The highest BCUT2D eigenvalue weighted by atomic mass is 32.2. The maximum absolute atomic E-state index is 12.2. The predicted molar refractivity (Wildman–Crippen MR) is 97.3 cm³/mol. The molecule has 5 nitrogen and oxygen atoms in total. The van der Waals surface area contributed by atoms with E-state index < -0.39 is 15.9 Å². The number of aliphatic hydroxyl groups is 1. The summed E-state index contributed by atoms with van der Waals surface area (Å²) < 4.78 is 34.8. The monoisotopic (exact) mass is 364 g/mol. The van der Waals surface area contributed by atoms with Crippen LogP contribution in [-0.2, 0) is 26.9 Å². The fourth-order valence-corrected chi connectivity index (χ4v) is 3.87. The lowest BCUT2D eigenvalue weighted by Gasteiger charge is -2.12. The largest absolute Gasteiger partial charge is 0.497 e. The number of rotatable bonds is 9. The molecule has 136 valence electrons. The van der Waals surface area contributed by atoms with Gasteiger partial charge < -0.3 is 14.6 Å². The molecule has 2 rings (SSSR count). The third-order valence-electron chi connectivity index (χ3n) is 3.69. The van der Waals surface area contributed by atoms with Crippen LogP contribution in [0, 0.1) is 6.92 Å². The SMILES string of the molecule is COc1ccc(COC[C@H](O)CS(=O)(=O)Cc2ccc(C)cc2)cc1. The molecule has 0 aliphatic heterocycles. The van der Waals surface area contributed by atoms with Gasteiger partial charge in [-0.05, 0) is 30.2 Å². The molecule has 2 aromatic carbocycles. The fourth-order valence-electron chi connectivity index (χ4n) is 2.37. The smallest absolute Gasteiger partial charge is 0.157 e. The highest BCUT2D eigenvalue weighted by Crippen LogP contribution is 2.13. The number of aryl methyl sites for hydroxylation is 1. The molecule has 1 atom stereocenters. The Kier molecular flexibility index (Phi) is 6.99. The van der Waals surface area contributed by atoms with Crippen molar-refractivity contribution in [1.29, 1.82) is 0 Å². The van der Waals surface area contributed by atoms with Gasteiger partial charge in [-0.2, -0.15) is 0 Å². The molecule has 1 N–H and O–H groups in total. The first-order valence-electron chi connectivity index (χ1n) is 8.02. The van der Waals surface area contributed by atoms with Crippen molar-refractivity contribution in [3.8, 4) is 5.75 Å². The Balaban J connectivity index is 1.78. The van der Waals surface area contributed by atoms with E-state index in [1.54, 1.807) is 19.2 Å². The minimum Gasteiger partial charge on any atom is -0.497 e. The van der Waals surface area contributed by atoms with Gasteiger partial charge in [0, 0.05) is 0 Å². The van der Waals surface area contributed by atoms with Crippen molar-refractivity contribution in [3.63, 3.8) is 0 Å². The first-order valence-corrected chi connectivity index (χ1v) is 9.85. The Labute approximate surface area is 149 Å². The van der Waals surface area contributed by atoms with E-state index in [1.807, 2.05) is 43.3 Å². The molecule has 0 aromatic heterocycles. The van der Waals surface area contributed by atoms with Crippen LogP contribution in [0.2, 0.25) is 0 Å². The van der Waals surface area contributed by atoms with Gasteiger partial charge in [0.1, 0.15) is 5.75 Å². The normalized spacial score (nSPS) is 12.8. The maximum Gasteiger partial charge on any atom is 0.157 e. The summed E-state index contributed by atoms with van der Waals surface area (Å²) >= 11 is 0. The van der Waals surface area contributed by atoms with Crippen LogP contribution in [-0.4, -0.2) is 39.1 Å². The van der Waals surface area contributed by atoms with Gasteiger partial charge >= 0.3 is 0 Å². The zero-order valence-electron chi connectivity index (χ0n) is 14.5. The van der Waals surface area contributed by atoms with E-state index >= 15 is 0 Å². The summed E-state index contributed by atoms with van der Waals surface area (Å²) in [6, 6.07) is 14.7. The lowest BCUT2D eigenvalue weighted by atomic mass is 10.2. The van der Waals surface area contributed by atoms with E-state index in [0.29, 0.717) is 6.61 Å². The number of ether oxygens (including phenoxy) is 2. The van der Waals surface area contributed by atoms with Gasteiger partial charge in [-0.3, -0.25) is 0 Å². The predicted octanol–water partition coefficient (Wildman–Crippen LogP) is 2.50. The topological polar surface area (TPSA) is 72.8 Å². The van der Waals surface area contributed by atoms with E-state index in [1.165, 1.54) is 0 Å². The van der Waals surface area contributed by atoms with Crippen LogP contribution in [0.5, 0.6) is 5.75 Å². The number of hydrogen-bond acceptors (Lipinski definition) is 5. The molecular formula is C19H24O5S. The van der Waals surface area contributed by atoms with Gasteiger partial charge in [-0.25, -0.2) is 8.42 Å². The number of sulfone groups is 1. The van der Waals surface area contributed by atoms with E-state index in [-0.39, 0.29) is 18.1 Å². The van der Waals surface area contributed by atoms with E-state index in [9.17, 15) is 13.5 Å². The molecule has 0 unspecified atom stereocenters. The highest BCUT2D eigenvalue weighted by Gasteiger charge is 2.18. The van der Waals surface area contributed by atoms with Crippen LogP contribution in [0.3, 0.4) is 0 Å². The Hall–Kier alpha value is -1.89. The van der Waals surface area contributed by atoms with Gasteiger partial charge in [0.05, 0.1) is 37.9 Å². The van der Waals surface area contributed by atoms with Crippen molar-refractivity contribution in [2.75, 3.05) is 19.5 Å². The van der Waals surface area contributed by atoms with Crippen molar-refractivity contribution in [1.82, 2.24) is 0 Å². The molecule has 0 aliphatic rings. The molecule has 0 amide bonds. The standard InChI is InChI=1S/C19H24O5S/c1-15-3-5-17(6-4-15)13-25(21,22)14-18(20)12-24-11-16-7-9-19(23-2)10-8-16/h3-10,18,20H,11-14H2,1-2H3/t18-/m0/s1. The molecule has 0 saturated carbocycles. The number of benzene rings is 2. The lowest BCUT2D eigenvalue weighted by Crippen LogP contribution is -2.26. The average Bonchev–Trinajstić information content (AvgIpc) is 2.57. The minimum atomic E-state index is -3.40. The second kappa shape index (κ2) is 8.99. The summed E-state index contributed by atoms with van der Waals surface area (Å²) in [6.45, 7) is 2.22. The quantitative estimate of drug-likeness (QED) is 0.740. The molecule has 2 aromatic rings. The van der Waals surface area contributed by atoms with Gasteiger partial charge in [0.2, 0.25) is 0 Å². The van der Waals surface area contributed by atoms with E-state index in [2.05, 4.69) is 0 Å². The summed E-state index contributed by atoms with van der Waals surface area (Å²) in [5.41, 5.74) is 2.72. The lowest BCUT2D eigenvalue weighted by molar-refractivity contribution is 0.0390.